The van der Waals surface area contributed by atoms with Crippen molar-refractivity contribution >= 4 is 23.6 Å². The Morgan fingerprint density at radius 3 is 2.32 bits per heavy atom. The van der Waals surface area contributed by atoms with E-state index in [4.69, 9.17) is 0 Å². The topological polar surface area (TPSA) is 57.6 Å². The van der Waals surface area contributed by atoms with E-state index >= 15 is 0 Å². The number of hydrogen-bond donors (Lipinski definition) is 1. The summed E-state index contributed by atoms with van der Waals surface area (Å²) in [4.78, 5) is 27.9. The quantitative estimate of drug-likeness (QED) is 0.383. The van der Waals surface area contributed by atoms with Crippen molar-refractivity contribution in [1.29, 1.82) is 0 Å². The summed E-state index contributed by atoms with van der Waals surface area (Å²) < 4.78 is 0. The molecule has 2 aliphatic carbocycles. The van der Waals surface area contributed by atoms with Gasteiger partial charge in [0.15, 0.2) is 0 Å². The van der Waals surface area contributed by atoms with Crippen molar-refractivity contribution in [2.24, 2.45) is 11.8 Å². The average Bonchev–Trinajstić information content (AvgIpc) is 2.79. The third-order valence-corrected chi connectivity index (χ3v) is 8.32. The first-order valence-electron chi connectivity index (χ1n) is 12.1. The van der Waals surface area contributed by atoms with Crippen LogP contribution < -0.4 is 0 Å². The van der Waals surface area contributed by atoms with Gasteiger partial charge in [0.25, 0.3) is 0 Å². The van der Waals surface area contributed by atoms with Gasteiger partial charge in [-0.3, -0.25) is 4.79 Å². The van der Waals surface area contributed by atoms with Gasteiger partial charge in [0.05, 0.1) is 11.3 Å². The zero-order chi connectivity index (χ0) is 22.4. The minimum Gasteiger partial charge on any atom is -0.478 e. The van der Waals surface area contributed by atoms with Crippen molar-refractivity contribution in [3.63, 3.8) is 0 Å². The Morgan fingerprint density at radius 1 is 1.06 bits per heavy atom. The van der Waals surface area contributed by atoms with E-state index in [2.05, 4.69) is 19.9 Å². The molecule has 172 valence electrons. The second-order valence-electron chi connectivity index (χ2n) is 9.63. The average molecular weight is 446 g/mol. The molecule has 0 aromatic heterocycles. The molecule has 4 nitrogen and oxygen atoms in total. The molecule has 0 bridgehead atoms. The molecule has 0 unspecified atom stereocenters. The number of rotatable bonds is 6. The van der Waals surface area contributed by atoms with Gasteiger partial charge in [-0.25, -0.2) is 4.79 Å². The van der Waals surface area contributed by atoms with E-state index in [-0.39, 0.29) is 23.4 Å². The number of carbonyl (C=O) groups excluding carboxylic acids is 1. The number of carbonyl (C=O) groups is 2. The van der Waals surface area contributed by atoms with Crippen LogP contribution in [0.2, 0.25) is 0 Å². The lowest BCUT2D eigenvalue weighted by molar-refractivity contribution is -0.137. The summed E-state index contributed by atoms with van der Waals surface area (Å²) in [6.07, 6.45) is 14.7. The molecule has 0 spiro atoms. The zero-order valence-electron chi connectivity index (χ0n) is 19.5. The minimum absolute atomic E-state index is 0.0185. The number of carboxylic acid groups (broad SMARTS) is 1. The lowest BCUT2D eigenvalue weighted by atomic mass is 9.81. The molecule has 1 heterocycles. The highest BCUT2D eigenvalue weighted by atomic mass is 32.2. The molecule has 3 rings (SSSR count). The summed E-state index contributed by atoms with van der Waals surface area (Å²) in [6, 6.07) is 0.0989. The molecule has 2 fully saturated rings. The predicted octanol–water partition coefficient (Wildman–Crippen LogP) is 6.34. The van der Waals surface area contributed by atoms with Crippen LogP contribution in [0.4, 0.5) is 0 Å². The monoisotopic (exact) mass is 445 g/mol. The summed E-state index contributed by atoms with van der Waals surface area (Å²) in [5, 5.41) is 9.91. The Balaban J connectivity index is 2.00. The first kappa shape index (κ1) is 24.2. The molecule has 0 aromatic carbocycles. The van der Waals surface area contributed by atoms with E-state index in [9.17, 15) is 14.7 Å². The Morgan fingerprint density at radius 2 is 1.74 bits per heavy atom. The van der Waals surface area contributed by atoms with E-state index in [1.54, 1.807) is 6.92 Å². The molecule has 0 atom stereocenters. The number of carboxylic acids is 1. The van der Waals surface area contributed by atoms with Crippen LogP contribution in [-0.4, -0.2) is 39.4 Å². The molecular formula is C26H39NO3S. The Bertz CT molecular complexity index is 753. The second kappa shape index (κ2) is 11.4. The van der Waals surface area contributed by atoms with Crippen LogP contribution in [0.5, 0.6) is 0 Å². The van der Waals surface area contributed by atoms with E-state index in [0.29, 0.717) is 11.6 Å². The Hall–Kier alpha value is -1.49. The number of hydrogen-bond acceptors (Lipinski definition) is 3. The molecule has 1 aliphatic heterocycles. The number of allylic oxidation sites excluding steroid dienone is 4. The fourth-order valence-electron chi connectivity index (χ4n) is 5.10. The van der Waals surface area contributed by atoms with E-state index in [1.165, 1.54) is 18.4 Å². The molecule has 1 saturated carbocycles. The summed E-state index contributed by atoms with van der Waals surface area (Å²) in [5.74, 6) is 1.98. The van der Waals surface area contributed by atoms with Gasteiger partial charge < -0.3 is 10.0 Å². The van der Waals surface area contributed by atoms with E-state index in [0.717, 1.165) is 68.4 Å². The largest absolute Gasteiger partial charge is 0.478 e. The smallest absolute Gasteiger partial charge is 0.333 e. The normalized spacial score (nSPS) is 26.7. The van der Waals surface area contributed by atoms with E-state index in [1.807, 2.05) is 22.7 Å². The van der Waals surface area contributed by atoms with Gasteiger partial charge in [-0.05, 0) is 113 Å². The van der Waals surface area contributed by atoms with Crippen LogP contribution in [0.1, 0.15) is 85.0 Å². The van der Waals surface area contributed by atoms with Gasteiger partial charge in [0, 0.05) is 12.0 Å². The summed E-state index contributed by atoms with van der Waals surface area (Å²) in [7, 11) is 0. The third-order valence-electron chi connectivity index (χ3n) is 7.27. The third kappa shape index (κ3) is 6.27. The zero-order valence-corrected chi connectivity index (χ0v) is 20.3. The highest BCUT2D eigenvalue weighted by Gasteiger charge is 2.35. The van der Waals surface area contributed by atoms with Crippen molar-refractivity contribution in [3.05, 3.63) is 34.6 Å². The van der Waals surface area contributed by atoms with Crippen molar-refractivity contribution in [2.75, 3.05) is 11.5 Å². The molecule has 5 heteroatoms. The van der Waals surface area contributed by atoms with Gasteiger partial charge >= 0.3 is 5.97 Å². The number of aliphatic carboxylic acids is 1. The van der Waals surface area contributed by atoms with Crippen LogP contribution >= 0.6 is 11.8 Å². The minimum atomic E-state index is -0.933. The maximum atomic E-state index is 13.9. The fraction of sp³-hybridized carbons (Fsp3) is 0.692. The van der Waals surface area contributed by atoms with Crippen molar-refractivity contribution in [2.45, 2.75) is 91.0 Å². The van der Waals surface area contributed by atoms with Crippen molar-refractivity contribution in [3.8, 4) is 0 Å². The molecule has 0 aromatic rings. The highest BCUT2D eigenvalue weighted by molar-refractivity contribution is 7.99. The molecule has 3 aliphatic rings. The van der Waals surface area contributed by atoms with Gasteiger partial charge in [-0.2, -0.15) is 11.8 Å². The summed E-state index contributed by atoms with van der Waals surface area (Å²) in [5.41, 5.74) is 3.32. The van der Waals surface area contributed by atoms with Gasteiger partial charge in [-0.1, -0.05) is 13.0 Å². The molecule has 31 heavy (non-hydrogen) atoms. The first-order chi connectivity index (χ1) is 14.9. The highest BCUT2D eigenvalue weighted by Crippen LogP contribution is 2.35. The molecular weight excluding hydrogens is 406 g/mol. The fourth-order valence-corrected chi connectivity index (χ4v) is 6.19. The van der Waals surface area contributed by atoms with Crippen molar-refractivity contribution < 1.29 is 14.7 Å². The molecule has 1 saturated heterocycles. The summed E-state index contributed by atoms with van der Waals surface area (Å²) >= 11 is 1.93. The maximum absolute atomic E-state index is 13.9. The van der Waals surface area contributed by atoms with Crippen LogP contribution in [-0.2, 0) is 9.59 Å². The molecule has 0 radical (unpaired) electrons. The lowest BCUT2D eigenvalue weighted by Gasteiger charge is -2.39. The number of amides is 1. The van der Waals surface area contributed by atoms with E-state index < -0.39 is 5.97 Å². The number of nitrogens with zero attached hydrogens (tertiary/aromatic N) is 1. The van der Waals surface area contributed by atoms with Crippen LogP contribution in [0.15, 0.2) is 34.6 Å². The Kier molecular flexibility index (Phi) is 8.88. The van der Waals surface area contributed by atoms with Crippen LogP contribution in [0.25, 0.3) is 0 Å². The SMILES string of the molecule is C/C(C(=O)O)=C(\C=C(/C)C1=CCCCC1)N(C(=O)C1CCC(C)CC1)C1CCSCC1. The van der Waals surface area contributed by atoms with Gasteiger partial charge in [0.1, 0.15) is 0 Å². The first-order valence-corrected chi connectivity index (χ1v) is 13.3. The van der Waals surface area contributed by atoms with Gasteiger partial charge in [-0.15, -0.1) is 0 Å². The molecule has 1 N–H and O–H groups in total. The van der Waals surface area contributed by atoms with Crippen LogP contribution in [0, 0.1) is 11.8 Å². The standard InChI is InChI=1S/C26H39NO3S/c1-18-9-11-22(12-10-18)25(28)27(23-13-15-31-16-14-23)24(20(3)26(29)30)17-19(2)21-7-5-4-6-8-21/h7,17-18,22-23H,4-6,8-16H2,1-3H3,(H,29,30)/b19-17+,24-20-. The van der Waals surface area contributed by atoms with Crippen molar-refractivity contribution in [1.82, 2.24) is 4.90 Å². The second-order valence-corrected chi connectivity index (χ2v) is 10.9. The predicted molar refractivity (Wildman–Crippen MR) is 129 cm³/mol. The lowest BCUT2D eigenvalue weighted by Crippen LogP contribution is -2.45. The summed E-state index contributed by atoms with van der Waals surface area (Å²) in [6.45, 7) is 6.01. The Labute approximate surface area is 192 Å². The number of thioether (sulfide) groups is 1. The molecule has 1 amide bonds. The van der Waals surface area contributed by atoms with Crippen LogP contribution in [0.3, 0.4) is 0 Å². The van der Waals surface area contributed by atoms with Gasteiger partial charge in [0.2, 0.25) is 5.91 Å². The maximum Gasteiger partial charge on any atom is 0.333 e.